The van der Waals surface area contributed by atoms with E-state index in [2.05, 4.69) is 5.32 Å². The number of hydrogen-bond acceptors (Lipinski definition) is 3. The average Bonchev–Trinajstić information content (AvgIpc) is 2.45. The monoisotopic (exact) mass is 324 g/mol. The highest BCUT2D eigenvalue weighted by Gasteiger charge is 2.15. The highest BCUT2D eigenvalue weighted by molar-refractivity contribution is 6.33. The molecule has 0 unspecified atom stereocenters. The van der Waals surface area contributed by atoms with E-state index < -0.39 is 6.10 Å². The van der Waals surface area contributed by atoms with Crippen LogP contribution in [0.1, 0.15) is 6.92 Å². The molecule has 0 radical (unpaired) electrons. The summed E-state index contributed by atoms with van der Waals surface area (Å²) in [4.78, 5) is 12.0. The zero-order chi connectivity index (χ0) is 15.4. The number of rotatable bonds is 4. The molecule has 4 nitrogen and oxygen atoms in total. The van der Waals surface area contributed by atoms with Gasteiger partial charge in [0.15, 0.2) is 6.10 Å². The van der Waals surface area contributed by atoms with Crippen molar-refractivity contribution in [1.29, 1.82) is 0 Å². The van der Waals surface area contributed by atoms with Crippen LogP contribution >= 0.6 is 23.2 Å². The minimum atomic E-state index is -0.664. The van der Waals surface area contributed by atoms with Gasteiger partial charge in [0, 0.05) is 10.7 Å². The first-order valence-electron chi connectivity index (χ1n) is 6.24. The van der Waals surface area contributed by atoms with Crippen molar-refractivity contribution in [3.63, 3.8) is 0 Å². The van der Waals surface area contributed by atoms with Crippen LogP contribution in [0.4, 0.5) is 11.4 Å². The minimum Gasteiger partial charge on any atom is -0.481 e. The zero-order valence-electron chi connectivity index (χ0n) is 11.3. The molecule has 110 valence electrons. The summed E-state index contributed by atoms with van der Waals surface area (Å²) < 4.78 is 5.53. The Morgan fingerprint density at radius 2 is 1.86 bits per heavy atom. The van der Waals surface area contributed by atoms with E-state index in [0.29, 0.717) is 27.2 Å². The lowest BCUT2D eigenvalue weighted by Crippen LogP contribution is -2.30. The summed E-state index contributed by atoms with van der Waals surface area (Å²) >= 11 is 11.6. The van der Waals surface area contributed by atoms with Crippen LogP contribution in [0, 0.1) is 0 Å². The maximum absolute atomic E-state index is 12.0. The number of nitrogen functional groups attached to an aromatic ring is 1. The zero-order valence-corrected chi connectivity index (χ0v) is 12.8. The van der Waals surface area contributed by atoms with Gasteiger partial charge in [-0.2, -0.15) is 0 Å². The Labute approximate surface area is 132 Å². The molecular formula is C15H14Cl2N2O2. The number of hydrogen-bond donors (Lipinski definition) is 2. The van der Waals surface area contributed by atoms with E-state index in [1.165, 1.54) is 0 Å². The van der Waals surface area contributed by atoms with Crippen LogP contribution in [0.25, 0.3) is 0 Å². The van der Waals surface area contributed by atoms with Gasteiger partial charge < -0.3 is 15.8 Å². The fraction of sp³-hybridized carbons (Fsp3) is 0.133. The van der Waals surface area contributed by atoms with Gasteiger partial charge in [0.2, 0.25) is 0 Å². The molecule has 0 saturated heterocycles. The Morgan fingerprint density at radius 3 is 2.48 bits per heavy atom. The molecule has 1 atom stereocenters. The topological polar surface area (TPSA) is 64.3 Å². The fourth-order valence-electron chi connectivity index (χ4n) is 1.64. The molecule has 1 amide bonds. The van der Waals surface area contributed by atoms with Crippen LogP contribution in [0.2, 0.25) is 10.0 Å². The fourth-order valence-corrected chi connectivity index (χ4v) is 1.88. The number of ether oxygens (including phenoxy) is 1. The predicted octanol–water partition coefficient (Wildman–Crippen LogP) is 3.98. The van der Waals surface area contributed by atoms with Gasteiger partial charge >= 0.3 is 0 Å². The van der Waals surface area contributed by atoms with Crippen molar-refractivity contribution in [3.05, 3.63) is 52.5 Å². The molecule has 0 fully saturated rings. The predicted molar refractivity (Wildman–Crippen MR) is 86.0 cm³/mol. The molecule has 2 rings (SSSR count). The van der Waals surface area contributed by atoms with E-state index in [9.17, 15) is 4.79 Å². The number of halogens is 2. The van der Waals surface area contributed by atoms with Crippen LogP contribution in [0.3, 0.4) is 0 Å². The first-order chi connectivity index (χ1) is 9.95. The smallest absolute Gasteiger partial charge is 0.265 e. The van der Waals surface area contributed by atoms with Crippen LogP contribution < -0.4 is 15.8 Å². The molecule has 0 spiro atoms. The van der Waals surface area contributed by atoms with Gasteiger partial charge in [-0.1, -0.05) is 23.2 Å². The van der Waals surface area contributed by atoms with Gasteiger partial charge in [-0.3, -0.25) is 4.79 Å². The molecule has 0 saturated carbocycles. The second-order valence-electron chi connectivity index (χ2n) is 4.44. The van der Waals surface area contributed by atoms with Crippen molar-refractivity contribution in [1.82, 2.24) is 0 Å². The van der Waals surface area contributed by atoms with Crippen LogP contribution in [-0.4, -0.2) is 12.0 Å². The number of carbonyl (C=O) groups excluding carboxylic acids is 1. The highest BCUT2D eigenvalue weighted by atomic mass is 35.5. The maximum Gasteiger partial charge on any atom is 0.265 e. The van der Waals surface area contributed by atoms with E-state index in [4.69, 9.17) is 33.7 Å². The van der Waals surface area contributed by atoms with Gasteiger partial charge in [0.25, 0.3) is 5.91 Å². The van der Waals surface area contributed by atoms with Gasteiger partial charge in [-0.15, -0.1) is 0 Å². The number of nitrogens with one attached hydrogen (secondary N) is 1. The molecule has 2 aromatic rings. The number of anilines is 2. The Morgan fingerprint density at radius 1 is 1.19 bits per heavy atom. The Kier molecular flexibility index (Phi) is 4.94. The Bertz CT molecular complexity index is 645. The van der Waals surface area contributed by atoms with E-state index in [1.54, 1.807) is 49.4 Å². The summed E-state index contributed by atoms with van der Waals surface area (Å²) in [6.07, 6.45) is -0.664. The largest absolute Gasteiger partial charge is 0.481 e. The standard InChI is InChI=1S/C15H14Cl2N2O2/c1-9(21-12-5-2-10(16)3-6-12)15(20)19-11-4-7-13(17)14(18)8-11/h2-9H,18H2,1H3,(H,19,20)/t9-/m1/s1. The molecular weight excluding hydrogens is 311 g/mol. The minimum absolute atomic E-state index is 0.285. The van der Waals surface area contributed by atoms with Crippen LogP contribution in [0.5, 0.6) is 5.75 Å². The maximum atomic E-state index is 12.0. The Hall–Kier alpha value is -1.91. The quantitative estimate of drug-likeness (QED) is 0.836. The lowest BCUT2D eigenvalue weighted by atomic mass is 10.2. The number of benzene rings is 2. The summed E-state index contributed by atoms with van der Waals surface area (Å²) in [5.74, 6) is 0.282. The normalized spacial score (nSPS) is 11.8. The van der Waals surface area contributed by atoms with Crippen molar-refractivity contribution in [2.45, 2.75) is 13.0 Å². The van der Waals surface area contributed by atoms with Crippen molar-refractivity contribution in [3.8, 4) is 5.75 Å². The van der Waals surface area contributed by atoms with Crippen molar-refractivity contribution in [2.24, 2.45) is 0 Å². The first-order valence-corrected chi connectivity index (χ1v) is 6.99. The Balaban J connectivity index is 1.98. The van der Waals surface area contributed by atoms with Crippen LogP contribution in [-0.2, 0) is 4.79 Å². The average molecular weight is 325 g/mol. The molecule has 3 N–H and O–H groups in total. The second kappa shape index (κ2) is 6.70. The lowest BCUT2D eigenvalue weighted by Gasteiger charge is -2.15. The van der Waals surface area contributed by atoms with E-state index in [-0.39, 0.29) is 5.91 Å². The van der Waals surface area contributed by atoms with E-state index in [0.717, 1.165) is 0 Å². The summed E-state index contributed by atoms with van der Waals surface area (Å²) in [7, 11) is 0. The van der Waals surface area contributed by atoms with Crippen molar-refractivity contribution in [2.75, 3.05) is 11.1 Å². The molecule has 6 heteroatoms. The molecule has 0 bridgehead atoms. The lowest BCUT2D eigenvalue weighted by molar-refractivity contribution is -0.122. The highest BCUT2D eigenvalue weighted by Crippen LogP contribution is 2.23. The molecule has 0 aliphatic carbocycles. The summed E-state index contributed by atoms with van der Waals surface area (Å²) in [5.41, 5.74) is 6.65. The van der Waals surface area contributed by atoms with E-state index in [1.807, 2.05) is 0 Å². The molecule has 2 aromatic carbocycles. The molecule has 21 heavy (non-hydrogen) atoms. The van der Waals surface area contributed by atoms with Gasteiger partial charge in [0.1, 0.15) is 5.75 Å². The summed E-state index contributed by atoms with van der Waals surface area (Å²) in [5, 5.41) is 3.76. The van der Waals surface area contributed by atoms with Crippen molar-refractivity contribution >= 4 is 40.5 Å². The molecule has 0 aliphatic rings. The van der Waals surface area contributed by atoms with E-state index >= 15 is 0 Å². The number of carbonyl (C=O) groups is 1. The molecule has 0 aromatic heterocycles. The molecule has 0 aliphatic heterocycles. The van der Waals surface area contributed by atoms with Crippen molar-refractivity contribution < 1.29 is 9.53 Å². The third-order valence-electron chi connectivity index (χ3n) is 2.76. The third-order valence-corrected chi connectivity index (χ3v) is 3.36. The second-order valence-corrected chi connectivity index (χ2v) is 5.28. The van der Waals surface area contributed by atoms with Crippen LogP contribution in [0.15, 0.2) is 42.5 Å². The molecule has 0 heterocycles. The van der Waals surface area contributed by atoms with Gasteiger partial charge in [-0.25, -0.2) is 0 Å². The first kappa shape index (κ1) is 15.5. The number of nitrogens with two attached hydrogens (primary N) is 1. The summed E-state index contributed by atoms with van der Waals surface area (Å²) in [6, 6.07) is 11.7. The summed E-state index contributed by atoms with van der Waals surface area (Å²) in [6.45, 7) is 1.66. The number of amides is 1. The SMILES string of the molecule is C[C@@H](Oc1ccc(Cl)cc1)C(=O)Nc1ccc(Cl)c(N)c1. The third kappa shape index (κ3) is 4.28. The van der Waals surface area contributed by atoms with Gasteiger partial charge in [0.05, 0.1) is 10.7 Å². The van der Waals surface area contributed by atoms with Gasteiger partial charge in [-0.05, 0) is 49.4 Å².